The first-order chi connectivity index (χ1) is 9.58. The lowest BCUT2D eigenvalue weighted by atomic mass is 10.4. The molecule has 1 N–H and O–H groups in total. The van der Waals surface area contributed by atoms with E-state index in [9.17, 15) is 9.59 Å². The van der Waals surface area contributed by atoms with Crippen molar-refractivity contribution in [2.45, 2.75) is 20.1 Å². The summed E-state index contributed by atoms with van der Waals surface area (Å²) in [4.78, 5) is 24.2. The van der Waals surface area contributed by atoms with Crippen LogP contribution in [-0.2, 0) is 19.0 Å². The van der Waals surface area contributed by atoms with Crippen LogP contribution in [0.2, 0.25) is 0 Å². The van der Waals surface area contributed by atoms with Gasteiger partial charge in [-0.05, 0) is 13.8 Å². The Morgan fingerprint density at radius 1 is 1.30 bits per heavy atom. The molecule has 0 radical (unpaired) electrons. The van der Waals surface area contributed by atoms with Crippen LogP contribution < -0.4 is 5.32 Å². The predicted octanol–water partition coefficient (Wildman–Crippen LogP) is 0.756. The van der Waals surface area contributed by atoms with E-state index in [4.69, 9.17) is 14.2 Å². The summed E-state index contributed by atoms with van der Waals surface area (Å²) < 4.78 is 15.6. The summed E-state index contributed by atoms with van der Waals surface area (Å²) in [6, 6.07) is -0.288. The second kappa shape index (κ2) is 11.2. The smallest absolute Gasteiger partial charge is 0.330 e. The Morgan fingerprint density at radius 2 is 1.90 bits per heavy atom. The van der Waals surface area contributed by atoms with E-state index >= 15 is 0 Å². The average molecular weight is 288 g/mol. The van der Waals surface area contributed by atoms with Crippen LogP contribution in [0.3, 0.4) is 0 Å². The van der Waals surface area contributed by atoms with E-state index in [-0.39, 0.29) is 25.7 Å². The van der Waals surface area contributed by atoms with Gasteiger partial charge in [0.2, 0.25) is 0 Å². The van der Waals surface area contributed by atoms with E-state index in [0.29, 0.717) is 13.2 Å². The fourth-order valence-electron chi connectivity index (χ4n) is 1.45. The maximum Gasteiger partial charge on any atom is 0.330 e. The SMILES string of the molecule is C=CC(=O)OCCN(CC(OCC)OCC)C(=O)NC. The molecule has 2 amide bonds. The van der Waals surface area contributed by atoms with E-state index < -0.39 is 12.3 Å². The molecule has 0 aromatic heterocycles. The van der Waals surface area contributed by atoms with Gasteiger partial charge in [-0.25, -0.2) is 9.59 Å². The van der Waals surface area contributed by atoms with Crippen molar-refractivity contribution in [3.63, 3.8) is 0 Å². The third-order valence-electron chi connectivity index (χ3n) is 2.35. The molecule has 0 saturated carbocycles. The number of hydrogen-bond acceptors (Lipinski definition) is 5. The van der Waals surface area contributed by atoms with Crippen molar-refractivity contribution in [1.29, 1.82) is 0 Å². The van der Waals surface area contributed by atoms with Crippen molar-refractivity contribution in [2.75, 3.05) is 40.0 Å². The Bertz CT molecular complexity index is 303. The van der Waals surface area contributed by atoms with Gasteiger partial charge in [0.1, 0.15) is 6.61 Å². The first-order valence-corrected chi connectivity index (χ1v) is 6.58. The number of nitrogens with one attached hydrogen (secondary N) is 1. The number of carbonyl (C=O) groups excluding carboxylic acids is 2. The zero-order valence-corrected chi connectivity index (χ0v) is 12.4. The van der Waals surface area contributed by atoms with Crippen molar-refractivity contribution in [2.24, 2.45) is 0 Å². The quantitative estimate of drug-likeness (QED) is 0.365. The molecule has 0 spiro atoms. The number of hydrogen-bond donors (Lipinski definition) is 1. The first kappa shape index (κ1) is 18.4. The lowest BCUT2D eigenvalue weighted by Crippen LogP contribution is -2.45. The molecule has 0 bridgehead atoms. The topological polar surface area (TPSA) is 77.1 Å². The van der Waals surface area contributed by atoms with E-state index in [0.717, 1.165) is 6.08 Å². The molecule has 0 rings (SSSR count). The molecule has 0 unspecified atom stereocenters. The summed E-state index contributed by atoms with van der Waals surface area (Å²) in [5.41, 5.74) is 0. The summed E-state index contributed by atoms with van der Waals surface area (Å²) in [5, 5.41) is 2.52. The minimum Gasteiger partial charge on any atom is -0.461 e. The van der Waals surface area contributed by atoms with Crippen molar-refractivity contribution >= 4 is 12.0 Å². The molecule has 0 fully saturated rings. The summed E-state index contributed by atoms with van der Waals surface area (Å²) in [7, 11) is 1.53. The van der Waals surface area contributed by atoms with Gasteiger partial charge in [0.05, 0.1) is 13.1 Å². The molecule has 0 aliphatic rings. The highest BCUT2D eigenvalue weighted by atomic mass is 16.7. The summed E-state index contributed by atoms with van der Waals surface area (Å²) >= 11 is 0. The molecule has 0 heterocycles. The van der Waals surface area contributed by atoms with Gasteiger partial charge in [0.15, 0.2) is 6.29 Å². The maximum absolute atomic E-state index is 11.7. The minimum atomic E-state index is -0.520. The summed E-state index contributed by atoms with van der Waals surface area (Å²) in [5.74, 6) is -0.520. The van der Waals surface area contributed by atoms with Crippen LogP contribution in [0.4, 0.5) is 4.79 Å². The summed E-state index contributed by atoms with van der Waals surface area (Å²) in [6.45, 7) is 8.56. The predicted molar refractivity (Wildman–Crippen MR) is 74.2 cm³/mol. The number of ether oxygens (including phenoxy) is 3. The van der Waals surface area contributed by atoms with Crippen LogP contribution in [-0.4, -0.2) is 63.1 Å². The van der Waals surface area contributed by atoms with E-state index in [1.807, 2.05) is 13.8 Å². The Morgan fingerprint density at radius 3 is 2.35 bits per heavy atom. The molecule has 0 aliphatic heterocycles. The highest BCUT2D eigenvalue weighted by Gasteiger charge is 2.18. The molecule has 0 aromatic rings. The number of nitrogens with zero attached hydrogens (tertiary/aromatic N) is 1. The van der Waals surface area contributed by atoms with Crippen LogP contribution in [0.15, 0.2) is 12.7 Å². The number of carbonyl (C=O) groups is 2. The molecular formula is C13H24N2O5. The van der Waals surface area contributed by atoms with Crippen molar-refractivity contribution < 1.29 is 23.8 Å². The van der Waals surface area contributed by atoms with Crippen molar-refractivity contribution in [3.8, 4) is 0 Å². The van der Waals surface area contributed by atoms with Crippen LogP contribution >= 0.6 is 0 Å². The molecule has 20 heavy (non-hydrogen) atoms. The molecule has 7 nitrogen and oxygen atoms in total. The van der Waals surface area contributed by atoms with Crippen LogP contribution in [0, 0.1) is 0 Å². The van der Waals surface area contributed by atoms with Gasteiger partial charge in [-0.2, -0.15) is 0 Å². The van der Waals surface area contributed by atoms with Gasteiger partial charge in [-0.3, -0.25) is 0 Å². The minimum absolute atomic E-state index is 0.0866. The van der Waals surface area contributed by atoms with Gasteiger partial charge >= 0.3 is 12.0 Å². The molecular weight excluding hydrogens is 264 g/mol. The number of amides is 2. The lowest BCUT2D eigenvalue weighted by Gasteiger charge is -2.26. The molecule has 116 valence electrons. The summed E-state index contributed by atoms with van der Waals surface area (Å²) in [6.07, 6.45) is 0.574. The van der Waals surface area contributed by atoms with E-state index in [1.165, 1.54) is 11.9 Å². The zero-order valence-electron chi connectivity index (χ0n) is 12.4. The van der Waals surface area contributed by atoms with Crippen LogP contribution in [0.1, 0.15) is 13.8 Å². The molecule has 0 aromatic carbocycles. The molecule has 7 heteroatoms. The molecule has 0 atom stereocenters. The fourth-order valence-corrected chi connectivity index (χ4v) is 1.45. The highest BCUT2D eigenvalue weighted by molar-refractivity contribution is 5.81. The number of esters is 1. The zero-order chi connectivity index (χ0) is 15.4. The Labute approximate surface area is 119 Å². The van der Waals surface area contributed by atoms with E-state index in [2.05, 4.69) is 11.9 Å². The Kier molecular flexibility index (Phi) is 10.3. The Balaban J connectivity index is 4.41. The molecule has 0 aliphatic carbocycles. The van der Waals surface area contributed by atoms with Crippen molar-refractivity contribution in [1.82, 2.24) is 10.2 Å². The standard InChI is InChI=1S/C13H24N2O5/c1-5-11(16)20-9-8-15(13(17)14-4)10-12(18-6-2)19-7-3/h5,12H,1,6-10H2,2-4H3,(H,14,17). The van der Waals surface area contributed by atoms with Crippen molar-refractivity contribution in [3.05, 3.63) is 12.7 Å². The van der Waals surface area contributed by atoms with Crippen LogP contribution in [0.25, 0.3) is 0 Å². The molecule has 0 saturated heterocycles. The van der Waals surface area contributed by atoms with Gasteiger partial charge in [0.25, 0.3) is 0 Å². The van der Waals surface area contributed by atoms with Crippen LogP contribution in [0.5, 0.6) is 0 Å². The highest BCUT2D eigenvalue weighted by Crippen LogP contribution is 2.01. The largest absolute Gasteiger partial charge is 0.461 e. The number of rotatable bonds is 10. The van der Waals surface area contributed by atoms with Gasteiger partial charge in [-0.15, -0.1) is 0 Å². The van der Waals surface area contributed by atoms with Gasteiger partial charge in [-0.1, -0.05) is 6.58 Å². The lowest BCUT2D eigenvalue weighted by molar-refractivity contribution is -0.145. The third-order valence-corrected chi connectivity index (χ3v) is 2.35. The van der Waals surface area contributed by atoms with E-state index in [1.54, 1.807) is 0 Å². The second-order valence-electron chi connectivity index (χ2n) is 3.71. The fraction of sp³-hybridized carbons (Fsp3) is 0.692. The maximum atomic E-state index is 11.7. The van der Waals surface area contributed by atoms with Gasteiger partial charge < -0.3 is 24.4 Å². The Hall–Kier alpha value is -1.60. The number of urea groups is 1. The first-order valence-electron chi connectivity index (χ1n) is 6.58. The third kappa shape index (κ3) is 7.75. The van der Waals surface area contributed by atoms with Gasteiger partial charge in [0, 0.05) is 26.3 Å². The normalized spacial score (nSPS) is 10.2. The second-order valence-corrected chi connectivity index (χ2v) is 3.71. The average Bonchev–Trinajstić information content (AvgIpc) is 2.45. The monoisotopic (exact) mass is 288 g/mol.